The van der Waals surface area contributed by atoms with Gasteiger partial charge in [0.2, 0.25) is 0 Å². The summed E-state index contributed by atoms with van der Waals surface area (Å²) >= 11 is 0. The van der Waals surface area contributed by atoms with Gasteiger partial charge in [-0.15, -0.1) is 0 Å². The predicted molar refractivity (Wildman–Crippen MR) is 74.6 cm³/mol. The average Bonchev–Trinajstić information content (AvgIpc) is 2.32. The van der Waals surface area contributed by atoms with Crippen molar-refractivity contribution in [1.82, 2.24) is 0 Å². The second-order valence-corrected chi connectivity index (χ2v) is 4.47. The molecule has 0 saturated carbocycles. The summed E-state index contributed by atoms with van der Waals surface area (Å²) in [6.07, 6.45) is 0. The van der Waals surface area contributed by atoms with Crippen molar-refractivity contribution in [2.24, 2.45) is 0 Å². The first-order valence-electron chi connectivity index (χ1n) is 5.76. The van der Waals surface area contributed by atoms with Gasteiger partial charge in [0.15, 0.2) is 5.78 Å². The van der Waals surface area contributed by atoms with E-state index in [4.69, 9.17) is 11.5 Å². The minimum atomic E-state index is -0.0735. The highest BCUT2D eigenvalue weighted by atomic mass is 16.1. The van der Waals surface area contributed by atoms with E-state index in [0.717, 1.165) is 11.1 Å². The molecule has 0 aromatic heterocycles. The molecule has 2 aromatic rings. The second kappa shape index (κ2) is 4.53. The largest absolute Gasteiger partial charge is 0.399 e. The van der Waals surface area contributed by atoms with E-state index in [0.29, 0.717) is 22.5 Å². The van der Waals surface area contributed by atoms with E-state index in [1.165, 1.54) is 0 Å². The van der Waals surface area contributed by atoms with Crippen molar-refractivity contribution < 1.29 is 4.79 Å². The standard InChI is InChI=1S/C15H16N2O/c1-9-3-4-11(7-10(9)2)15(18)13-6-5-12(16)8-14(13)17/h3-8H,16-17H2,1-2H3. The van der Waals surface area contributed by atoms with Gasteiger partial charge in [0.05, 0.1) is 0 Å². The van der Waals surface area contributed by atoms with Gasteiger partial charge in [0.25, 0.3) is 0 Å². The number of carbonyl (C=O) groups is 1. The van der Waals surface area contributed by atoms with Gasteiger partial charge in [-0.3, -0.25) is 4.79 Å². The van der Waals surface area contributed by atoms with E-state index < -0.39 is 0 Å². The van der Waals surface area contributed by atoms with Gasteiger partial charge in [-0.25, -0.2) is 0 Å². The van der Waals surface area contributed by atoms with Crippen LogP contribution in [0.5, 0.6) is 0 Å². The lowest BCUT2D eigenvalue weighted by atomic mass is 9.98. The molecule has 0 bridgehead atoms. The minimum Gasteiger partial charge on any atom is -0.399 e. The van der Waals surface area contributed by atoms with Crippen molar-refractivity contribution >= 4 is 17.2 Å². The molecule has 0 radical (unpaired) electrons. The Balaban J connectivity index is 2.44. The van der Waals surface area contributed by atoms with Crippen LogP contribution >= 0.6 is 0 Å². The third kappa shape index (κ3) is 2.20. The molecule has 2 rings (SSSR count). The molecule has 0 heterocycles. The van der Waals surface area contributed by atoms with Gasteiger partial charge >= 0.3 is 0 Å². The summed E-state index contributed by atoms with van der Waals surface area (Å²) in [5.41, 5.74) is 15.8. The third-order valence-electron chi connectivity index (χ3n) is 3.09. The molecule has 0 spiro atoms. The van der Waals surface area contributed by atoms with E-state index in [2.05, 4.69) is 0 Å². The summed E-state index contributed by atoms with van der Waals surface area (Å²) in [6.45, 7) is 4.00. The topological polar surface area (TPSA) is 69.1 Å². The Bertz CT molecular complexity index is 618. The molecule has 18 heavy (non-hydrogen) atoms. The average molecular weight is 240 g/mol. The molecule has 0 aliphatic rings. The van der Waals surface area contributed by atoms with Crippen LogP contribution in [0.4, 0.5) is 11.4 Å². The number of aryl methyl sites for hydroxylation is 2. The second-order valence-electron chi connectivity index (χ2n) is 4.47. The number of hydrogen-bond donors (Lipinski definition) is 2. The molecular formula is C15H16N2O. The molecule has 0 aliphatic heterocycles. The molecule has 4 N–H and O–H groups in total. The van der Waals surface area contributed by atoms with Gasteiger partial charge in [-0.1, -0.05) is 12.1 Å². The maximum atomic E-state index is 12.3. The number of hydrogen-bond acceptors (Lipinski definition) is 3. The van der Waals surface area contributed by atoms with Gasteiger partial charge in [-0.2, -0.15) is 0 Å². The SMILES string of the molecule is Cc1ccc(C(=O)c2ccc(N)cc2N)cc1C. The fraction of sp³-hybridized carbons (Fsp3) is 0.133. The van der Waals surface area contributed by atoms with E-state index in [1.54, 1.807) is 18.2 Å². The highest BCUT2D eigenvalue weighted by Crippen LogP contribution is 2.20. The first-order chi connectivity index (χ1) is 8.49. The van der Waals surface area contributed by atoms with Crippen LogP contribution in [0.1, 0.15) is 27.0 Å². The van der Waals surface area contributed by atoms with Crippen molar-refractivity contribution in [3.8, 4) is 0 Å². The summed E-state index contributed by atoms with van der Waals surface area (Å²) in [6, 6.07) is 10.6. The van der Waals surface area contributed by atoms with E-state index in [-0.39, 0.29) is 5.78 Å². The molecule has 92 valence electrons. The van der Waals surface area contributed by atoms with Gasteiger partial charge in [0.1, 0.15) is 0 Å². The maximum absolute atomic E-state index is 12.3. The number of nitrogen functional groups attached to an aromatic ring is 2. The van der Waals surface area contributed by atoms with Crippen molar-refractivity contribution in [3.63, 3.8) is 0 Å². The number of nitrogens with two attached hydrogens (primary N) is 2. The number of rotatable bonds is 2. The predicted octanol–water partition coefficient (Wildman–Crippen LogP) is 2.70. The van der Waals surface area contributed by atoms with Crippen LogP contribution in [0.15, 0.2) is 36.4 Å². The van der Waals surface area contributed by atoms with Crippen LogP contribution in [0.3, 0.4) is 0 Å². The van der Waals surface area contributed by atoms with Crippen LogP contribution in [0.2, 0.25) is 0 Å². The molecule has 0 fully saturated rings. The van der Waals surface area contributed by atoms with E-state index in [1.807, 2.05) is 32.0 Å². The molecule has 0 amide bonds. The number of benzene rings is 2. The lowest BCUT2D eigenvalue weighted by Gasteiger charge is -2.07. The van der Waals surface area contributed by atoms with Gasteiger partial charge < -0.3 is 11.5 Å². The van der Waals surface area contributed by atoms with Crippen LogP contribution in [-0.4, -0.2) is 5.78 Å². The molecule has 3 nitrogen and oxygen atoms in total. The Morgan fingerprint density at radius 2 is 1.67 bits per heavy atom. The summed E-state index contributed by atoms with van der Waals surface area (Å²) in [5, 5.41) is 0. The van der Waals surface area contributed by atoms with Gasteiger partial charge in [-0.05, 0) is 49.2 Å². The zero-order chi connectivity index (χ0) is 13.3. The molecule has 2 aromatic carbocycles. The lowest BCUT2D eigenvalue weighted by Crippen LogP contribution is -2.06. The fourth-order valence-electron chi connectivity index (χ4n) is 1.83. The number of anilines is 2. The quantitative estimate of drug-likeness (QED) is 0.626. The Labute approximate surface area is 106 Å². The lowest BCUT2D eigenvalue weighted by molar-refractivity contribution is 0.103. The third-order valence-corrected chi connectivity index (χ3v) is 3.09. The van der Waals surface area contributed by atoms with E-state index >= 15 is 0 Å². The Morgan fingerprint density at radius 1 is 0.944 bits per heavy atom. The Hall–Kier alpha value is -2.29. The normalized spacial score (nSPS) is 10.3. The first kappa shape index (κ1) is 12.2. The molecule has 0 unspecified atom stereocenters. The smallest absolute Gasteiger partial charge is 0.195 e. The van der Waals surface area contributed by atoms with Crippen molar-refractivity contribution in [1.29, 1.82) is 0 Å². The minimum absolute atomic E-state index is 0.0735. The van der Waals surface area contributed by atoms with Crippen LogP contribution < -0.4 is 11.5 Å². The molecule has 0 saturated heterocycles. The first-order valence-corrected chi connectivity index (χ1v) is 5.76. The van der Waals surface area contributed by atoms with Crippen LogP contribution in [-0.2, 0) is 0 Å². The summed E-state index contributed by atoms with van der Waals surface area (Å²) in [4.78, 5) is 12.3. The van der Waals surface area contributed by atoms with Crippen LogP contribution in [0, 0.1) is 13.8 Å². The Morgan fingerprint density at radius 3 is 2.28 bits per heavy atom. The summed E-state index contributed by atoms with van der Waals surface area (Å²) in [5.74, 6) is -0.0735. The Kier molecular flexibility index (Phi) is 3.06. The van der Waals surface area contributed by atoms with Crippen molar-refractivity contribution in [2.75, 3.05) is 11.5 Å². The highest BCUT2D eigenvalue weighted by molar-refractivity contribution is 6.12. The monoisotopic (exact) mass is 240 g/mol. The highest BCUT2D eigenvalue weighted by Gasteiger charge is 2.12. The summed E-state index contributed by atoms with van der Waals surface area (Å²) < 4.78 is 0. The van der Waals surface area contributed by atoms with Crippen LogP contribution in [0.25, 0.3) is 0 Å². The molecule has 0 aliphatic carbocycles. The van der Waals surface area contributed by atoms with E-state index in [9.17, 15) is 4.79 Å². The summed E-state index contributed by atoms with van der Waals surface area (Å²) in [7, 11) is 0. The van der Waals surface area contributed by atoms with Crippen molar-refractivity contribution in [2.45, 2.75) is 13.8 Å². The zero-order valence-electron chi connectivity index (χ0n) is 10.5. The molecule has 3 heteroatoms. The number of carbonyl (C=O) groups excluding carboxylic acids is 1. The van der Waals surface area contributed by atoms with Crippen molar-refractivity contribution in [3.05, 3.63) is 58.7 Å². The molecule has 0 atom stereocenters. The fourth-order valence-corrected chi connectivity index (χ4v) is 1.83. The number of ketones is 1. The van der Waals surface area contributed by atoms with Gasteiger partial charge in [0, 0.05) is 22.5 Å². The molecular weight excluding hydrogens is 224 g/mol. The zero-order valence-corrected chi connectivity index (χ0v) is 10.5. The maximum Gasteiger partial charge on any atom is 0.195 e.